The van der Waals surface area contributed by atoms with Crippen molar-refractivity contribution in [1.82, 2.24) is 19.7 Å². The van der Waals surface area contributed by atoms with Crippen LogP contribution in [0.4, 0.5) is 5.95 Å². The molecule has 0 aliphatic carbocycles. The van der Waals surface area contributed by atoms with Crippen LogP contribution in [0.5, 0.6) is 11.5 Å². The lowest BCUT2D eigenvalue weighted by molar-refractivity contribution is -0.138. The van der Waals surface area contributed by atoms with Crippen LogP contribution in [0.1, 0.15) is 38.3 Å². The van der Waals surface area contributed by atoms with Gasteiger partial charge in [0.05, 0.1) is 25.9 Å². The Balaban J connectivity index is 1.63. The molecule has 1 amide bonds. The largest absolute Gasteiger partial charge is 0.493 e. The van der Waals surface area contributed by atoms with Gasteiger partial charge in [0.2, 0.25) is 11.1 Å². The van der Waals surface area contributed by atoms with Crippen LogP contribution in [-0.2, 0) is 19.1 Å². The maximum atomic E-state index is 13.2. The number of methoxy groups -OCH3 is 1. The van der Waals surface area contributed by atoms with Crippen molar-refractivity contribution >= 4 is 29.6 Å². The summed E-state index contributed by atoms with van der Waals surface area (Å²) in [6.45, 7) is 9.68. The summed E-state index contributed by atoms with van der Waals surface area (Å²) < 4.78 is 23.9. The zero-order valence-electron chi connectivity index (χ0n) is 22.6. The normalized spacial score (nSPS) is 16.8. The first-order chi connectivity index (χ1) is 19.0. The molecule has 12 heteroatoms. The van der Waals surface area contributed by atoms with Crippen molar-refractivity contribution in [3.05, 3.63) is 47.7 Å². The first-order valence-electron chi connectivity index (χ1n) is 13.0. The first-order valence-corrected chi connectivity index (χ1v) is 14.0. The zero-order valence-corrected chi connectivity index (χ0v) is 23.4. The van der Waals surface area contributed by atoms with Gasteiger partial charge >= 0.3 is 5.97 Å². The number of allylic oxidation sites excluding steroid dienone is 1. The lowest BCUT2D eigenvalue weighted by Crippen LogP contribution is -2.43. The molecule has 1 fully saturated rings. The van der Waals surface area contributed by atoms with E-state index < -0.39 is 12.0 Å². The molecule has 1 atom stereocenters. The Bertz CT molecular complexity index is 1220. The Morgan fingerprint density at radius 3 is 2.79 bits per heavy atom. The Hall–Kier alpha value is -3.51. The van der Waals surface area contributed by atoms with Gasteiger partial charge in [-0.15, -0.1) is 5.10 Å². The number of hydrogen-bond donors (Lipinski definition) is 1. The van der Waals surface area contributed by atoms with E-state index in [0.717, 1.165) is 24.2 Å². The summed E-state index contributed by atoms with van der Waals surface area (Å²) in [6.07, 6.45) is 3.65. The molecule has 0 bridgehead atoms. The minimum Gasteiger partial charge on any atom is -0.493 e. The fourth-order valence-corrected chi connectivity index (χ4v) is 5.21. The number of esters is 1. The van der Waals surface area contributed by atoms with Crippen molar-refractivity contribution < 1.29 is 28.5 Å². The Morgan fingerprint density at radius 2 is 2.08 bits per heavy atom. The van der Waals surface area contributed by atoms with Crippen LogP contribution in [-0.4, -0.2) is 83.9 Å². The standard InChI is InChI=1S/C27H35N5O6S/c1-5-7-15-39-27-29-26-28-18(3)23(25(34)37-12-6-2)24(32(26)30-27)19-8-9-20(21(16-19)35-4)38-17-22(33)31-10-13-36-14-11-31/h6,8-9,16,24H,2,5,7,10-15,17H2,1,3-4H3,(H,28,29,30). The van der Waals surface area contributed by atoms with Gasteiger partial charge in [-0.2, -0.15) is 4.98 Å². The van der Waals surface area contributed by atoms with Crippen LogP contribution in [0, 0.1) is 0 Å². The maximum absolute atomic E-state index is 13.2. The smallest absolute Gasteiger partial charge is 0.338 e. The lowest BCUT2D eigenvalue weighted by Gasteiger charge is -2.28. The van der Waals surface area contributed by atoms with Crippen molar-refractivity contribution in [1.29, 1.82) is 0 Å². The molecule has 4 rings (SSSR count). The van der Waals surface area contributed by atoms with Gasteiger partial charge in [-0.05, 0) is 31.0 Å². The molecule has 2 aliphatic rings. The summed E-state index contributed by atoms with van der Waals surface area (Å²) in [5.41, 5.74) is 1.74. The highest BCUT2D eigenvalue weighted by molar-refractivity contribution is 7.99. The summed E-state index contributed by atoms with van der Waals surface area (Å²) >= 11 is 1.57. The summed E-state index contributed by atoms with van der Waals surface area (Å²) in [5.74, 6) is 1.68. The second kappa shape index (κ2) is 13.5. The van der Waals surface area contributed by atoms with E-state index in [9.17, 15) is 9.59 Å². The van der Waals surface area contributed by atoms with E-state index in [2.05, 4.69) is 23.8 Å². The number of thioether (sulfide) groups is 1. The molecule has 11 nitrogen and oxygen atoms in total. The topological polar surface area (TPSA) is 117 Å². The molecule has 1 saturated heterocycles. The number of rotatable bonds is 12. The van der Waals surface area contributed by atoms with Gasteiger partial charge in [-0.25, -0.2) is 9.48 Å². The van der Waals surface area contributed by atoms with Crippen LogP contribution in [0.3, 0.4) is 0 Å². The number of benzene rings is 1. The Morgan fingerprint density at radius 1 is 1.28 bits per heavy atom. The van der Waals surface area contributed by atoms with E-state index in [1.807, 2.05) is 13.0 Å². The van der Waals surface area contributed by atoms with E-state index in [4.69, 9.17) is 24.0 Å². The Kier molecular flexibility index (Phi) is 9.88. The second-order valence-electron chi connectivity index (χ2n) is 9.01. The van der Waals surface area contributed by atoms with Gasteiger partial charge in [0.1, 0.15) is 12.6 Å². The SMILES string of the molecule is C=CCOC(=O)C1=C(C)Nc2nc(SCCCC)nn2C1c1ccc(OCC(=O)N2CCOCC2)c(OC)c1. The van der Waals surface area contributed by atoms with Crippen LogP contribution in [0.2, 0.25) is 0 Å². The number of aromatic nitrogens is 3. The highest BCUT2D eigenvalue weighted by atomic mass is 32.2. The van der Waals surface area contributed by atoms with Crippen molar-refractivity contribution in [3.63, 3.8) is 0 Å². The summed E-state index contributed by atoms with van der Waals surface area (Å²) in [4.78, 5) is 32.1. The number of carbonyl (C=O) groups excluding carboxylic acids is 2. The molecular weight excluding hydrogens is 522 g/mol. The van der Waals surface area contributed by atoms with Crippen molar-refractivity contribution in [2.45, 2.75) is 37.9 Å². The quantitative estimate of drug-likeness (QED) is 0.180. The number of anilines is 1. The summed E-state index contributed by atoms with van der Waals surface area (Å²) in [7, 11) is 1.53. The molecule has 2 aromatic rings. The highest BCUT2D eigenvalue weighted by Crippen LogP contribution is 2.40. The molecule has 1 unspecified atom stereocenters. The fourth-order valence-electron chi connectivity index (χ4n) is 4.30. The number of amides is 1. The van der Waals surface area contributed by atoms with E-state index in [-0.39, 0.29) is 19.1 Å². The Labute approximate surface area is 232 Å². The number of ether oxygens (including phenoxy) is 4. The predicted octanol–water partition coefficient (Wildman–Crippen LogP) is 3.43. The molecule has 210 valence electrons. The van der Waals surface area contributed by atoms with Gasteiger partial charge in [-0.1, -0.05) is 43.8 Å². The van der Waals surface area contributed by atoms with Crippen LogP contribution >= 0.6 is 11.8 Å². The maximum Gasteiger partial charge on any atom is 0.338 e. The average molecular weight is 558 g/mol. The number of carbonyl (C=O) groups is 2. The molecule has 1 N–H and O–H groups in total. The van der Waals surface area contributed by atoms with Crippen molar-refractivity contribution in [2.75, 3.05) is 57.7 Å². The molecule has 0 saturated carbocycles. The minimum absolute atomic E-state index is 0.0813. The fraction of sp³-hybridized carbons (Fsp3) is 0.481. The summed E-state index contributed by atoms with van der Waals surface area (Å²) in [6, 6.07) is 4.73. The highest BCUT2D eigenvalue weighted by Gasteiger charge is 2.36. The minimum atomic E-state index is -0.621. The van der Waals surface area contributed by atoms with Gasteiger partial charge < -0.3 is 29.2 Å². The monoisotopic (exact) mass is 557 g/mol. The van der Waals surface area contributed by atoms with Gasteiger partial charge in [0.15, 0.2) is 18.1 Å². The van der Waals surface area contributed by atoms with E-state index >= 15 is 0 Å². The first kappa shape index (κ1) is 28.5. The number of fused-ring (bicyclic) bond motifs is 1. The molecule has 3 heterocycles. The zero-order chi connectivity index (χ0) is 27.8. The molecule has 39 heavy (non-hydrogen) atoms. The number of hydrogen-bond acceptors (Lipinski definition) is 10. The summed E-state index contributed by atoms with van der Waals surface area (Å²) in [5, 5.41) is 8.56. The van der Waals surface area contributed by atoms with Gasteiger partial charge in [0.25, 0.3) is 5.91 Å². The van der Waals surface area contributed by atoms with Crippen molar-refractivity contribution in [3.8, 4) is 11.5 Å². The number of nitrogens with one attached hydrogen (secondary N) is 1. The third-order valence-corrected chi connectivity index (χ3v) is 7.26. The van der Waals surface area contributed by atoms with Crippen LogP contribution in [0.25, 0.3) is 0 Å². The van der Waals surface area contributed by atoms with E-state index in [1.165, 1.54) is 13.2 Å². The molecule has 1 aromatic carbocycles. The lowest BCUT2D eigenvalue weighted by atomic mass is 9.95. The van der Waals surface area contributed by atoms with Crippen molar-refractivity contribution in [2.24, 2.45) is 0 Å². The number of morpholine rings is 1. The predicted molar refractivity (Wildman–Crippen MR) is 147 cm³/mol. The van der Waals surface area contributed by atoms with Gasteiger partial charge in [-0.3, -0.25) is 4.79 Å². The van der Waals surface area contributed by atoms with Crippen LogP contribution < -0.4 is 14.8 Å². The number of nitrogens with zero attached hydrogens (tertiary/aromatic N) is 4. The molecule has 2 aliphatic heterocycles. The third kappa shape index (κ3) is 6.74. The molecular formula is C27H35N5O6S. The molecule has 0 spiro atoms. The third-order valence-electron chi connectivity index (χ3n) is 6.33. The second-order valence-corrected chi connectivity index (χ2v) is 10.1. The van der Waals surface area contributed by atoms with E-state index in [0.29, 0.717) is 60.2 Å². The van der Waals surface area contributed by atoms with Crippen LogP contribution in [0.15, 0.2) is 47.3 Å². The molecule has 0 radical (unpaired) electrons. The number of unbranched alkanes of at least 4 members (excludes halogenated alkanes) is 1. The average Bonchev–Trinajstić information content (AvgIpc) is 3.36. The van der Waals surface area contributed by atoms with E-state index in [1.54, 1.807) is 33.5 Å². The van der Waals surface area contributed by atoms with Gasteiger partial charge in [0, 0.05) is 24.5 Å². The molecule has 1 aromatic heterocycles.